The van der Waals surface area contributed by atoms with Crippen LogP contribution in [-0.2, 0) is 38.1 Å². The Morgan fingerprint density at radius 1 is 0.515 bits per heavy atom. The number of aliphatic hydroxyl groups is 1. The molecule has 0 aromatic carbocycles. The fourth-order valence-corrected chi connectivity index (χ4v) is 9.13. The summed E-state index contributed by atoms with van der Waals surface area (Å²) in [6.45, 7) is 11.2. The van der Waals surface area contributed by atoms with Gasteiger partial charge in [-0.1, -0.05) is 32.6 Å². The molecule has 3 fully saturated rings. The third-order valence-corrected chi connectivity index (χ3v) is 12.3. The SMILES string of the molecule is C=C(C)C(=O)OC1(C(O)(C(F)(F)F)C(F)(F)F)CCCC(OC(C(F)(F)F)(C(F)(F)F)C2(OC(=O)C(=C)C)CCC(OC(C(F)(F)F)(C(F)(F)F)C(C)(OC(=O)C(=C)C)C3CCCC3)C2)C1. The largest absolute Gasteiger partial charge is 0.452 e. The van der Waals surface area contributed by atoms with E-state index in [0.29, 0.717) is 13.8 Å². The predicted octanol–water partition coefficient (Wildman–Crippen LogP) is 10.9. The topological polar surface area (TPSA) is 118 Å². The first-order valence-electron chi connectivity index (χ1n) is 19.6. The molecule has 0 aliphatic heterocycles. The molecule has 9 nitrogen and oxygen atoms in total. The van der Waals surface area contributed by atoms with E-state index in [2.05, 4.69) is 29.2 Å². The van der Waals surface area contributed by atoms with Gasteiger partial charge in [0.2, 0.25) is 0 Å². The molecule has 27 heteroatoms. The summed E-state index contributed by atoms with van der Waals surface area (Å²) in [5.41, 5.74) is -34.6. The summed E-state index contributed by atoms with van der Waals surface area (Å²) in [7, 11) is 0. The summed E-state index contributed by atoms with van der Waals surface area (Å²) < 4.78 is 297. The van der Waals surface area contributed by atoms with E-state index in [0.717, 1.165) is 6.92 Å². The average Bonchev–Trinajstić information content (AvgIpc) is 3.81. The quantitative estimate of drug-likeness (QED) is 0.0786. The van der Waals surface area contributed by atoms with Gasteiger partial charge in [-0.15, -0.1) is 0 Å². The summed E-state index contributed by atoms with van der Waals surface area (Å²) in [6, 6.07) is 0. The first kappa shape index (κ1) is 56.6. The maximum Gasteiger partial charge on any atom is 0.430 e. The molecule has 1 N–H and O–H groups in total. The van der Waals surface area contributed by atoms with Gasteiger partial charge in [0.25, 0.3) is 16.8 Å². The van der Waals surface area contributed by atoms with Crippen LogP contribution in [0, 0.1) is 5.92 Å². The van der Waals surface area contributed by atoms with Crippen LogP contribution >= 0.6 is 0 Å². The summed E-state index contributed by atoms with van der Waals surface area (Å²) in [4.78, 5) is 38.4. The van der Waals surface area contributed by atoms with Gasteiger partial charge < -0.3 is 28.8 Å². The van der Waals surface area contributed by atoms with Crippen LogP contribution in [0.3, 0.4) is 0 Å². The Balaban J connectivity index is 2.45. The summed E-state index contributed by atoms with van der Waals surface area (Å²) in [5, 5.41) is 10.5. The Bertz CT molecular complexity index is 1830. The van der Waals surface area contributed by atoms with Crippen molar-refractivity contribution in [1.82, 2.24) is 0 Å². The van der Waals surface area contributed by atoms with Gasteiger partial charge in [0.15, 0.2) is 16.8 Å². The lowest BCUT2D eigenvalue weighted by Crippen LogP contribution is -2.76. The molecule has 3 rings (SSSR count). The minimum absolute atomic E-state index is 0.0741. The van der Waals surface area contributed by atoms with E-state index >= 15 is 52.7 Å². The van der Waals surface area contributed by atoms with Gasteiger partial charge in [-0.2, -0.15) is 79.0 Å². The van der Waals surface area contributed by atoms with Crippen molar-refractivity contribution in [2.75, 3.05) is 0 Å². The van der Waals surface area contributed by atoms with Crippen molar-refractivity contribution in [1.29, 1.82) is 0 Å². The molecule has 0 aromatic rings. The third kappa shape index (κ3) is 9.37. The highest BCUT2D eigenvalue weighted by Crippen LogP contribution is 2.64. The molecule has 0 radical (unpaired) electrons. The van der Waals surface area contributed by atoms with Crippen molar-refractivity contribution >= 4 is 17.9 Å². The molecule has 0 spiro atoms. The third-order valence-electron chi connectivity index (χ3n) is 12.3. The van der Waals surface area contributed by atoms with Crippen LogP contribution in [0.5, 0.6) is 0 Å². The fourth-order valence-electron chi connectivity index (χ4n) is 9.13. The minimum atomic E-state index is -7.20. The summed E-state index contributed by atoms with van der Waals surface area (Å²) in [6.07, 6.45) is -63.3. The van der Waals surface area contributed by atoms with Crippen LogP contribution < -0.4 is 0 Å². The molecular formula is C39H44F18O9. The first-order valence-corrected chi connectivity index (χ1v) is 19.6. The second-order valence-corrected chi connectivity index (χ2v) is 17.0. The molecule has 0 amide bonds. The predicted molar refractivity (Wildman–Crippen MR) is 187 cm³/mol. The minimum Gasteiger partial charge on any atom is -0.452 e. The maximum absolute atomic E-state index is 15.7. The van der Waals surface area contributed by atoms with E-state index in [-0.39, 0.29) is 19.8 Å². The second-order valence-electron chi connectivity index (χ2n) is 17.0. The van der Waals surface area contributed by atoms with Crippen LogP contribution in [0.15, 0.2) is 36.5 Å². The van der Waals surface area contributed by atoms with E-state index in [1.807, 2.05) is 0 Å². The number of carbonyl (C=O) groups is 3. The van der Waals surface area contributed by atoms with Crippen molar-refractivity contribution in [3.05, 3.63) is 36.5 Å². The van der Waals surface area contributed by atoms with E-state index < -0.39 is 181 Å². The monoisotopic (exact) mass is 998 g/mol. The second kappa shape index (κ2) is 18.0. The van der Waals surface area contributed by atoms with Gasteiger partial charge in [0.05, 0.1) is 12.2 Å². The van der Waals surface area contributed by atoms with Crippen molar-refractivity contribution in [2.45, 2.75) is 181 Å². The standard InChI is InChI=1S/C39H44F18O9/c1-19(2)25(58)64-28(7,22-11-8-9-12-22)32(36(46,47)48,37(49,50)51)62-24-14-16-30(18-24,66-27(60)21(5)6)33(38(52,53)54,39(55,56)57)63-23-13-10-15-29(17-23,65-26(59)20(3)4)31(61,34(40,41)42)35(43,44)45/h22-24,61H,1,3,5,8-18H2,2,4,6-7H3. The number of alkyl halides is 18. The Labute approximate surface area is 363 Å². The van der Waals surface area contributed by atoms with Gasteiger partial charge >= 0.3 is 55.0 Å². The number of carbonyl (C=O) groups excluding carboxylic acids is 3. The number of rotatable bonds is 14. The maximum atomic E-state index is 15.7. The molecule has 0 aromatic heterocycles. The number of hydrogen-bond acceptors (Lipinski definition) is 9. The molecule has 3 aliphatic carbocycles. The Hall–Kier alpha value is -3.75. The van der Waals surface area contributed by atoms with Gasteiger partial charge in [-0.25, -0.2) is 14.4 Å². The molecule has 66 heavy (non-hydrogen) atoms. The van der Waals surface area contributed by atoms with Crippen LogP contribution in [0.1, 0.15) is 98.3 Å². The van der Waals surface area contributed by atoms with E-state index in [4.69, 9.17) is 14.2 Å². The molecule has 3 aliphatic rings. The zero-order valence-corrected chi connectivity index (χ0v) is 35.1. The molecule has 0 heterocycles. The van der Waals surface area contributed by atoms with Gasteiger partial charge in [-0.05, 0) is 72.6 Å². The first-order chi connectivity index (χ1) is 29.4. The lowest BCUT2D eigenvalue weighted by atomic mass is 9.69. The highest BCUT2D eigenvalue weighted by Gasteiger charge is 2.88. The van der Waals surface area contributed by atoms with Crippen LogP contribution in [0.2, 0.25) is 0 Å². The zero-order valence-electron chi connectivity index (χ0n) is 35.1. The molecule has 0 bridgehead atoms. The number of hydrogen-bond donors (Lipinski definition) is 1. The normalized spacial score (nSPS) is 25.5. The highest BCUT2D eigenvalue weighted by atomic mass is 19.4. The Morgan fingerprint density at radius 3 is 1.29 bits per heavy atom. The lowest BCUT2D eigenvalue weighted by molar-refractivity contribution is -0.447. The van der Waals surface area contributed by atoms with E-state index in [1.54, 1.807) is 0 Å². The Morgan fingerprint density at radius 2 is 0.909 bits per heavy atom. The number of esters is 3. The van der Waals surface area contributed by atoms with Crippen LogP contribution in [-0.4, -0.2) is 106 Å². The molecule has 0 saturated heterocycles. The van der Waals surface area contributed by atoms with Gasteiger partial charge in [0.1, 0.15) is 0 Å². The average molecular weight is 999 g/mol. The van der Waals surface area contributed by atoms with Crippen molar-refractivity contribution < 1.29 is 122 Å². The molecule has 380 valence electrons. The Kier molecular flexibility index (Phi) is 15.4. The van der Waals surface area contributed by atoms with E-state index in [9.17, 15) is 45.8 Å². The zero-order chi connectivity index (χ0) is 51.5. The lowest BCUT2D eigenvalue weighted by Gasteiger charge is -2.54. The molecule has 5 unspecified atom stereocenters. The van der Waals surface area contributed by atoms with E-state index in [1.165, 1.54) is 0 Å². The summed E-state index contributed by atoms with van der Waals surface area (Å²) >= 11 is 0. The van der Waals surface area contributed by atoms with Crippen molar-refractivity contribution in [3.63, 3.8) is 0 Å². The summed E-state index contributed by atoms with van der Waals surface area (Å²) in [5.74, 6) is -8.23. The van der Waals surface area contributed by atoms with Crippen molar-refractivity contribution in [2.24, 2.45) is 5.92 Å². The van der Waals surface area contributed by atoms with Gasteiger partial charge in [0, 0.05) is 35.5 Å². The smallest absolute Gasteiger partial charge is 0.430 e. The van der Waals surface area contributed by atoms with Gasteiger partial charge in [-0.3, -0.25) is 0 Å². The van der Waals surface area contributed by atoms with Crippen molar-refractivity contribution in [3.8, 4) is 0 Å². The van der Waals surface area contributed by atoms with Crippen LogP contribution in [0.25, 0.3) is 0 Å². The molecular weight excluding hydrogens is 954 g/mol. The molecule has 5 atom stereocenters. The fraction of sp³-hybridized carbons (Fsp3) is 0.769. The number of halogens is 18. The molecule has 3 saturated carbocycles. The number of ether oxygens (including phenoxy) is 5. The van der Waals surface area contributed by atoms with Crippen LogP contribution in [0.4, 0.5) is 79.0 Å². The highest BCUT2D eigenvalue weighted by molar-refractivity contribution is 5.88.